The van der Waals surface area contributed by atoms with Crippen LogP contribution in [0.5, 0.6) is 0 Å². The quantitative estimate of drug-likeness (QED) is 0.813. The molecule has 3 rings (SSSR count). The van der Waals surface area contributed by atoms with Gasteiger partial charge in [-0.25, -0.2) is 4.79 Å². The number of nitrogens with one attached hydrogen (secondary N) is 2. The third-order valence-corrected chi connectivity index (χ3v) is 3.13. The summed E-state index contributed by atoms with van der Waals surface area (Å²) < 4.78 is 0. The molecule has 0 spiro atoms. The van der Waals surface area contributed by atoms with E-state index in [9.17, 15) is 9.59 Å². The van der Waals surface area contributed by atoms with Crippen molar-refractivity contribution in [2.75, 3.05) is 0 Å². The van der Waals surface area contributed by atoms with E-state index in [1.165, 1.54) is 6.20 Å². The van der Waals surface area contributed by atoms with E-state index in [0.29, 0.717) is 17.2 Å². The Labute approximate surface area is 102 Å². The first-order valence-electron chi connectivity index (χ1n) is 5.82. The number of aryl methyl sites for hydroxylation is 1. The van der Waals surface area contributed by atoms with Crippen molar-refractivity contribution in [3.63, 3.8) is 0 Å². The Kier molecular flexibility index (Phi) is 2.36. The lowest BCUT2D eigenvalue weighted by atomic mass is 10.1. The fraction of sp³-hybridized carbons (Fsp3) is 0.333. The normalized spacial score (nSPS) is 14.7. The SMILES string of the molecule is Cc1nnc(-c2c[nH]c(=O)[nH]c2=O)cc1C1CC1. The first-order chi connectivity index (χ1) is 8.65. The number of aromatic nitrogens is 4. The summed E-state index contributed by atoms with van der Waals surface area (Å²) in [5.41, 5.74) is 1.92. The predicted octanol–water partition coefficient (Wildman–Crippen LogP) is 0.706. The van der Waals surface area contributed by atoms with Gasteiger partial charge in [0.25, 0.3) is 5.56 Å². The van der Waals surface area contributed by atoms with E-state index >= 15 is 0 Å². The average molecular weight is 244 g/mol. The highest BCUT2D eigenvalue weighted by Gasteiger charge is 2.26. The van der Waals surface area contributed by atoms with Crippen LogP contribution < -0.4 is 11.2 Å². The van der Waals surface area contributed by atoms with E-state index in [1.54, 1.807) is 0 Å². The molecule has 0 radical (unpaired) electrons. The largest absolute Gasteiger partial charge is 0.325 e. The van der Waals surface area contributed by atoms with Crippen molar-refractivity contribution < 1.29 is 0 Å². The third kappa shape index (κ3) is 1.85. The van der Waals surface area contributed by atoms with Crippen molar-refractivity contribution in [1.82, 2.24) is 20.2 Å². The first kappa shape index (κ1) is 10.9. The second-order valence-electron chi connectivity index (χ2n) is 4.53. The Morgan fingerprint density at radius 3 is 2.72 bits per heavy atom. The van der Waals surface area contributed by atoms with Crippen LogP contribution in [-0.4, -0.2) is 20.2 Å². The summed E-state index contributed by atoms with van der Waals surface area (Å²) in [5, 5.41) is 8.10. The van der Waals surface area contributed by atoms with Gasteiger partial charge in [-0.1, -0.05) is 0 Å². The summed E-state index contributed by atoms with van der Waals surface area (Å²) in [7, 11) is 0. The van der Waals surface area contributed by atoms with E-state index < -0.39 is 11.2 Å². The molecule has 0 aliphatic heterocycles. The van der Waals surface area contributed by atoms with E-state index in [4.69, 9.17) is 0 Å². The fourth-order valence-corrected chi connectivity index (χ4v) is 2.01. The van der Waals surface area contributed by atoms with Gasteiger partial charge in [-0.3, -0.25) is 9.78 Å². The fourth-order valence-electron chi connectivity index (χ4n) is 2.01. The molecule has 0 bridgehead atoms. The molecule has 2 heterocycles. The van der Waals surface area contributed by atoms with Crippen LogP contribution in [-0.2, 0) is 0 Å². The lowest BCUT2D eigenvalue weighted by Gasteiger charge is -2.04. The summed E-state index contributed by atoms with van der Waals surface area (Å²) in [6.07, 6.45) is 3.69. The van der Waals surface area contributed by atoms with Crippen LogP contribution in [0.4, 0.5) is 0 Å². The lowest BCUT2D eigenvalue weighted by Crippen LogP contribution is -2.23. The molecule has 2 N–H and O–H groups in total. The summed E-state index contributed by atoms with van der Waals surface area (Å²) in [5.74, 6) is 0.543. The maximum Gasteiger partial charge on any atom is 0.325 e. The average Bonchev–Trinajstić information content (AvgIpc) is 3.14. The third-order valence-electron chi connectivity index (χ3n) is 3.13. The van der Waals surface area contributed by atoms with Gasteiger partial charge >= 0.3 is 5.69 Å². The van der Waals surface area contributed by atoms with Gasteiger partial charge in [0.05, 0.1) is 11.3 Å². The lowest BCUT2D eigenvalue weighted by molar-refractivity contribution is 0.926. The number of H-pyrrole nitrogens is 2. The molecule has 6 heteroatoms. The van der Waals surface area contributed by atoms with Crippen molar-refractivity contribution in [2.24, 2.45) is 0 Å². The number of hydrogen-bond acceptors (Lipinski definition) is 4. The maximum atomic E-state index is 11.7. The van der Waals surface area contributed by atoms with E-state index in [1.807, 2.05) is 13.0 Å². The van der Waals surface area contributed by atoms with Gasteiger partial charge in [0.1, 0.15) is 5.69 Å². The van der Waals surface area contributed by atoms with E-state index in [2.05, 4.69) is 20.2 Å². The molecule has 0 unspecified atom stereocenters. The molecule has 1 aliphatic rings. The molecule has 2 aromatic heterocycles. The van der Waals surface area contributed by atoms with Crippen LogP contribution in [0.25, 0.3) is 11.3 Å². The van der Waals surface area contributed by atoms with E-state index in [-0.39, 0.29) is 0 Å². The zero-order valence-corrected chi connectivity index (χ0v) is 9.86. The molecule has 0 saturated heterocycles. The number of nitrogens with zero attached hydrogens (tertiary/aromatic N) is 2. The van der Waals surface area contributed by atoms with E-state index in [0.717, 1.165) is 24.1 Å². The molecular formula is C12H12N4O2. The van der Waals surface area contributed by atoms with Crippen LogP contribution in [0.2, 0.25) is 0 Å². The van der Waals surface area contributed by atoms with Crippen LogP contribution in [0.3, 0.4) is 0 Å². The standard InChI is InChI=1S/C12H12N4O2/c1-6-8(7-2-3-7)4-10(16-15-6)9-5-13-12(18)14-11(9)17/h4-5,7H,2-3H2,1H3,(H2,13,14,17,18). The molecule has 6 nitrogen and oxygen atoms in total. The van der Waals surface area contributed by atoms with Gasteiger partial charge in [-0.05, 0) is 37.3 Å². The molecule has 18 heavy (non-hydrogen) atoms. The Morgan fingerprint density at radius 2 is 2.06 bits per heavy atom. The second-order valence-corrected chi connectivity index (χ2v) is 4.53. The van der Waals surface area contributed by atoms with Gasteiger partial charge in [0, 0.05) is 6.20 Å². The highest BCUT2D eigenvalue weighted by Crippen LogP contribution is 2.41. The minimum absolute atomic E-state index is 0.337. The molecule has 2 aromatic rings. The molecule has 0 aromatic carbocycles. The topological polar surface area (TPSA) is 91.5 Å². The number of rotatable bonds is 2. The van der Waals surface area contributed by atoms with Crippen molar-refractivity contribution in [1.29, 1.82) is 0 Å². The van der Waals surface area contributed by atoms with Crippen molar-refractivity contribution >= 4 is 0 Å². The smallest absolute Gasteiger partial charge is 0.313 e. The Balaban J connectivity index is 2.14. The van der Waals surface area contributed by atoms with Gasteiger partial charge in [-0.15, -0.1) is 5.10 Å². The highest BCUT2D eigenvalue weighted by atomic mass is 16.2. The van der Waals surface area contributed by atoms with Crippen LogP contribution >= 0.6 is 0 Å². The van der Waals surface area contributed by atoms with Gasteiger partial charge < -0.3 is 4.98 Å². The van der Waals surface area contributed by atoms with Crippen LogP contribution in [0.15, 0.2) is 21.9 Å². The van der Waals surface area contributed by atoms with Gasteiger partial charge in [0.15, 0.2) is 0 Å². The molecule has 92 valence electrons. The summed E-state index contributed by atoms with van der Waals surface area (Å²) >= 11 is 0. The van der Waals surface area contributed by atoms with Crippen molar-refractivity contribution in [3.05, 3.63) is 44.4 Å². The molecule has 0 amide bonds. The second kappa shape index (κ2) is 3.90. The predicted molar refractivity (Wildman–Crippen MR) is 65.4 cm³/mol. The zero-order chi connectivity index (χ0) is 12.7. The Morgan fingerprint density at radius 1 is 1.28 bits per heavy atom. The molecule has 1 saturated carbocycles. The summed E-state index contributed by atoms with van der Waals surface area (Å²) in [4.78, 5) is 27.3. The monoisotopic (exact) mass is 244 g/mol. The Bertz CT molecular complexity index is 713. The van der Waals surface area contributed by atoms with Gasteiger partial charge in [0.2, 0.25) is 0 Å². The number of aromatic amines is 2. The molecule has 1 fully saturated rings. The van der Waals surface area contributed by atoms with Crippen LogP contribution in [0.1, 0.15) is 30.0 Å². The minimum Gasteiger partial charge on any atom is -0.313 e. The highest BCUT2D eigenvalue weighted by molar-refractivity contribution is 5.57. The molecular weight excluding hydrogens is 232 g/mol. The Hall–Kier alpha value is -2.24. The summed E-state index contributed by atoms with van der Waals surface area (Å²) in [6, 6.07) is 1.89. The van der Waals surface area contributed by atoms with Gasteiger partial charge in [-0.2, -0.15) is 5.10 Å². The van der Waals surface area contributed by atoms with Crippen molar-refractivity contribution in [2.45, 2.75) is 25.7 Å². The zero-order valence-electron chi connectivity index (χ0n) is 9.86. The molecule has 1 aliphatic carbocycles. The van der Waals surface area contributed by atoms with Crippen molar-refractivity contribution in [3.8, 4) is 11.3 Å². The maximum absolute atomic E-state index is 11.7. The molecule has 0 atom stereocenters. The van der Waals surface area contributed by atoms with Crippen LogP contribution in [0, 0.1) is 6.92 Å². The summed E-state index contributed by atoms with van der Waals surface area (Å²) in [6.45, 7) is 1.92. The minimum atomic E-state index is -0.522. The first-order valence-corrected chi connectivity index (χ1v) is 5.82. The number of hydrogen-bond donors (Lipinski definition) is 2.